The van der Waals surface area contributed by atoms with Gasteiger partial charge in [0, 0.05) is 18.1 Å². The first-order valence-electron chi connectivity index (χ1n) is 4.46. The summed E-state index contributed by atoms with van der Waals surface area (Å²) in [6, 6.07) is 6.68. The van der Waals surface area contributed by atoms with E-state index >= 15 is 0 Å². The topological polar surface area (TPSA) is 66.4 Å². The quantitative estimate of drug-likeness (QED) is 0.721. The van der Waals surface area contributed by atoms with Crippen LogP contribution in [0.25, 0.3) is 5.76 Å². The van der Waals surface area contributed by atoms with E-state index in [1.54, 1.807) is 24.3 Å². The van der Waals surface area contributed by atoms with Crippen LogP contribution >= 0.6 is 0 Å². The van der Waals surface area contributed by atoms with Crippen LogP contribution in [0.4, 0.5) is 0 Å². The summed E-state index contributed by atoms with van der Waals surface area (Å²) in [5, 5.41) is 12.0. The van der Waals surface area contributed by atoms with Gasteiger partial charge < -0.3 is 10.4 Å². The molecule has 0 unspecified atom stereocenters. The number of carbonyl (C=O) groups excluding carboxylic acids is 2. The van der Waals surface area contributed by atoms with E-state index in [1.807, 2.05) is 0 Å². The number of hydrogen-bond donors (Lipinski definition) is 2. The van der Waals surface area contributed by atoms with Crippen molar-refractivity contribution in [3.8, 4) is 0 Å². The summed E-state index contributed by atoms with van der Waals surface area (Å²) >= 11 is 0. The second-order valence-corrected chi connectivity index (χ2v) is 3.28. The van der Waals surface area contributed by atoms with E-state index in [1.165, 1.54) is 6.92 Å². The molecule has 0 atom stereocenters. The lowest BCUT2D eigenvalue weighted by molar-refractivity contribution is -0.118. The monoisotopic (exact) mass is 203 g/mol. The van der Waals surface area contributed by atoms with Crippen molar-refractivity contribution in [1.29, 1.82) is 0 Å². The van der Waals surface area contributed by atoms with Crippen LogP contribution in [0.15, 0.2) is 30.0 Å². The van der Waals surface area contributed by atoms with Crippen molar-refractivity contribution < 1.29 is 14.7 Å². The van der Waals surface area contributed by atoms with Gasteiger partial charge in [0.1, 0.15) is 5.70 Å². The van der Waals surface area contributed by atoms with Gasteiger partial charge in [-0.2, -0.15) is 0 Å². The molecular weight excluding hydrogens is 194 g/mol. The number of aliphatic hydroxyl groups is 1. The summed E-state index contributed by atoms with van der Waals surface area (Å²) < 4.78 is 0. The van der Waals surface area contributed by atoms with Crippen LogP contribution in [0.2, 0.25) is 0 Å². The highest BCUT2D eigenvalue weighted by molar-refractivity contribution is 6.20. The van der Waals surface area contributed by atoms with E-state index in [4.69, 9.17) is 0 Å². The summed E-state index contributed by atoms with van der Waals surface area (Å²) in [6.07, 6.45) is 0. The highest BCUT2D eigenvalue weighted by Gasteiger charge is 2.29. The lowest BCUT2D eigenvalue weighted by Crippen LogP contribution is -2.23. The molecule has 1 amide bonds. The van der Waals surface area contributed by atoms with Gasteiger partial charge in [0.25, 0.3) is 0 Å². The van der Waals surface area contributed by atoms with Crippen molar-refractivity contribution in [2.75, 3.05) is 0 Å². The molecule has 0 saturated carbocycles. The number of Topliss-reactive ketones (excluding diaryl/α,β-unsaturated/α-hetero) is 1. The third-order valence-corrected chi connectivity index (χ3v) is 2.19. The fraction of sp³-hybridized carbons (Fsp3) is 0.0909. The average Bonchev–Trinajstić information content (AvgIpc) is 2.44. The van der Waals surface area contributed by atoms with Gasteiger partial charge in [-0.3, -0.25) is 9.59 Å². The molecule has 2 rings (SSSR count). The third kappa shape index (κ3) is 1.40. The van der Waals surface area contributed by atoms with Gasteiger partial charge in [-0.1, -0.05) is 24.3 Å². The maximum Gasteiger partial charge on any atom is 0.221 e. The molecule has 0 spiro atoms. The predicted molar refractivity (Wildman–Crippen MR) is 54.1 cm³/mol. The van der Waals surface area contributed by atoms with Gasteiger partial charge in [-0.25, -0.2) is 0 Å². The highest BCUT2D eigenvalue weighted by atomic mass is 16.3. The summed E-state index contributed by atoms with van der Waals surface area (Å²) in [6.45, 7) is 1.29. The van der Waals surface area contributed by atoms with Gasteiger partial charge in [0.2, 0.25) is 11.7 Å². The van der Waals surface area contributed by atoms with Gasteiger partial charge in [0.15, 0.2) is 5.76 Å². The Bertz CT molecular complexity index is 488. The first-order chi connectivity index (χ1) is 7.11. The second kappa shape index (κ2) is 3.24. The standard InChI is InChI=1S/C11H9NO3/c1-6(13)12-9-10(14)7-4-2-3-5-8(7)11(9)15/h2-5H,1H3,(H2,12,13,14,15). The Morgan fingerprint density at radius 1 is 1.27 bits per heavy atom. The number of nitrogens with one attached hydrogen (secondary N) is 1. The minimum atomic E-state index is -0.377. The molecule has 0 fully saturated rings. The highest BCUT2D eigenvalue weighted by Crippen LogP contribution is 2.28. The van der Waals surface area contributed by atoms with Gasteiger partial charge in [0.05, 0.1) is 0 Å². The van der Waals surface area contributed by atoms with E-state index in [0.29, 0.717) is 11.1 Å². The number of allylic oxidation sites excluding steroid dienone is 1. The third-order valence-electron chi connectivity index (χ3n) is 2.19. The lowest BCUT2D eigenvalue weighted by atomic mass is 10.1. The number of fused-ring (bicyclic) bond motifs is 1. The van der Waals surface area contributed by atoms with Crippen molar-refractivity contribution >= 4 is 17.4 Å². The Morgan fingerprint density at radius 2 is 1.87 bits per heavy atom. The molecule has 2 N–H and O–H groups in total. The van der Waals surface area contributed by atoms with E-state index in [9.17, 15) is 14.7 Å². The molecular formula is C11H9NO3. The molecule has 0 saturated heterocycles. The smallest absolute Gasteiger partial charge is 0.221 e. The molecule has 0 bridgehead atoms. The molecule has 76 valence electrons. The summed E-state index contributed by atoms with van der Waals surface area (Å²) in [7, 11) is 0. The number of rotatable bonds is 1. The maximum atomic E-state index is 11.7. The Hall–Kier alpha value is -2.10. The number of aliphatic hydroxyl groups excluding tert-OH is 1. The summed E-state index contributed by atoms with van der Waals surface area (Å²) in [5.74, 6) is -0.887. The van der Waals surface area contributed by atoms with Crippen molar-refractivity contribution in [1.82, 2.24) is 5.32 Å². The van der Waals surface area contributed by atoms with Crippen molar-refractivity contribution in [2.24, 2.45) is 0 Å². The SMILES string of the molecule is CC(=O)NC1=C(O)c2ccccc2C1=O. The maximum absolute atomic E-state index is 11.7. The van der Waals surface area contributed by atoms with Gasteiger partial charge >= 0.3 is 0 Å². The molecule has 1 aliphatic rings. The Morgan fingerprint density at radius 3 is 2.40 bits per heavy atom. The van der Waals surface area contributed by atoms with Crippen molar-refractivity contribution in [2.45, 2.75) is 6.92 Å². The molecule has 0 aromatic heterocycles. The van der Waals surface area contributed by atoms with Crippen molar-refractivity contribution in [3.63, 3.8) is 0 Å². The summed E-state index contributed by atoms with van der Waals surface area (Å²) in [4.78, 5) is 22.5. The van der Waals surface area contributed by atoms with Crippen LogP contribution in [0.5, 0.6) is 0 Å². The Labute approximate surface area is 86.2 Å². The molecule has 1 aliphatic carbocycles. The van der Waals surface area contributed by atoms with E-state index in [2.05, 4.69) is 5.32 Å². The van der Waals surface area contributed by atoms with Crippen LogP contribution in [-0.2, 0) is 4.79 Å². The molecule has 0 aliphatic heterocycles. The molecule has 0 radical (unpaired) electrons. The molecule has 4 heteroatoms. The Balaban J connectivity index is 2.50. The average molecular weight is 203 g/mol. The van der Waals surface area contributed by atoms with Crippen molar-refractivity contribution in [3.05, 3.63) is 41.1 Å². The molecule has 15 heavy (non-hydrogen) atoms. The lowest BCUT2D eigenvalue weighted by Gasteiger charge is -2.00. The Kier molecular flexibility index (Phi) is 2.04. The van der Waals surface area contributed by atoms with Gasteiger partial charge in [-0.05, 0) is 0 Å². The first kappa shape index (κ1) is 9.45. The molecule has 1 aromatic carbocycles. The largest absolute Gasteiger partial charge is 0.505 e. The normalized spacial score (nSPS) is 14.1. The number of benzene rings is 1. The van der Waals surface area contributed by atoms with E-state index in [-0.39, 0.29) is 23.1 Å². The minimum Gasteiger partial charge on any atom is -0.505 e. The van der Waals surface area contributed by atoms with E-state index < -0.39 is 0 Å². The van der Waals surface area contributed by atoms with Crippen LogP contribution in [0, 0.1) is 0 Å². The zero-order valence-electron chi connectivity index (χ0n) is 8.07. The predicted octanol–water partition coefficient (Wildman–Crippen LogP) is 1.25. The summed E-state index contributed by atoms with van der Waals surface area (Å²) in [5.41, 5.74) is 0.841. The molecule has 1 aromatic rings. The minimum absolute atomic E-state index is 0.0382. The van der Waals surface area contributed by atoms with Crippen LogP contribution in [-0.4, -0.2) is 16.8 Å². The van der Waals surface area contributed by atoms with E-state index in [0.717, 1.165) is 0 Å². The zero-order chi connectivity index (χ0) is 11.0. The zero-order valence-corrected chi connectivity index (χ0v) is 8.07. The van der Waals surface area contributed by atoms with Crippen LogP contribution in [0.1, 0.15) is 22.8 Å². The van der Waals surface area contributed by atoms with Crippen LogP contribution < -0.4 is 5.32 Å². The fourth-order valence-corrected chi connectivity index (χ4v) is 1.56. The number of hydrogen-bond acceptors (Lipinski definition) is 3. The molecule has 4 nitrogen and oxygen atoms in total. The molecule has 0 heterocycles. The fourth-order valence-electron chi connectivity index (χ4n) is 1.56. The number of carbonyl (C=O) groups is 2. The first-order valence-corrected chi connectivity index (χ1v) is 4.46. The number of ketones is 1. The van der Waals surface area contributed by atoms with Crippen LogP contribution in [0.3, 0.4) is 0 Å². The number of amides is 1. The van der Waals surface area contributed by atoms with Gasteiger partial charge in [-0.15, -0.1) is 0 Å². The second-order valence-electron chi connectivity index (χ2n) is 3.28.